The second kappa shape index (κ2) is 4.56. The van der Waals surface area contributed by atoms with E-state index in [0.29, 0.717) is 18.8 Å². The van der Waals surface area contributed by atoms with Crippen molar-refractivity contribution in [3.05, 3.63) is 12.0 Å². The van der Waals surface area contributed by atoms with Gasteiger partial charge in [-0.1, -0.05) is 0 Å². The van der Waals surface area contributed by atoms with Crippen LogP contribution in [-0.2, 0) is 23.0 Å². The minimum atomic E-state index is -3.97. The summed E-state index contributed by atoms with van der Waals surface area (Å²) in [5, 5.41) is -0.0668. The van der Waals surface area contributed by atoms with E-state index in [4.69, 9.17) is 5.73 Å². The number of fused-ring (bicyclic) bond motifs is 1. The summed E-state index contributed by atoms with van der Waals surface area (Å²) in [5.74, 6) is -2.58. The number of aryl methyl sites for hydroxylation is 1. The fraction of sp³-hybridized carbons (Fsp3) is 0.667. The summed E-state index contributed by atoms with van der Waals surface area (Å²) in [5.41, 5.74) is 4.84. The first-order valence-electron chi connectivity index (χ1n) is 5.48. The summed E-state index contributed by atoms with van der Waals surface area (Å²) >= 11 is 0. The first-order chi connectivity index (χ1) is 8.36. The van der Waals surface area contributed by atoms with Crippen molar-refractivity contribution in [3.8, 4) is 0 Å². The predicted octanol–water partition coefficient (Wildman–Crippen LogP) is -0.298. The number of aromatic nitrogens is 2. The Kier molecular flexibility index (Phi) is 3.39. The zero-order valence-electron chi connectivity index (χ0n) is 9.57. The number of rotatable bonds is 5. The summed E-state index contributed by atoms with van der Waals surface area (Å²) in [7, 11) is -3.97. The van der Waals surface area contributed by atoms with Crippen LogP contribution in [0.1, 0.15) is 12.2 Å². The van der Waals surface area contributed by atoms with Crippen molar-refractivity contribution in [3.63, 3.8) is 0 Å². The number of nitrogens with zero attached hydrogens (tertiary/aromatic N) is 2. The van der Waals surface area contributed by atoms with E-state index in [9.17, 15) is 17.2 Å². The van der Waals surface area contributed by atoms with Crippen LogP contribution >= 0.6 is 0 Å². The van der Waals surface area contributed by atoms with Crippen LogP contribution < -0.4 is 10.5 Å². The lowest BCUT2D eigenvalue weighted by atomic mass is 10.3. The van der Waals surface area contributed by atoms with Gasteiger partial charge in [0.2, 0.25) is 0 Å². The van der Waals surface area contributed by atoms with E-state index in [0.717, 1.165) is 6.42 Å². The zero-order valence-corrected chi connectivity index (χ0v) is 10.4. The van der Waals surface area contributed by atoms with Crippen LogP contribution in [-0.4, -0.2) is 37.0 Å². The van der Waals surface area contributed by atoms with E-state index < -0.39 is 29.0 Å². The molecule has 6 nitrogen and oxygen atoms in total. The molecule has 0 radical (unpaired) electrons. The second-order valence-corrected chi connectivity index (χ2v) is 5.87. The summed E-state index contributed by atoms with van der Waals surface area (Å²) in [6.45, 7) is -1.37. The average molecular weight is 280 g/mol. The number of nitrogens with one attached hydrogen (secondary N) is 1. The average Bonchev–Trinajstić information content (AvgIpc) is 2.88. The molecule has 0 bridgehead atoms. The molecule has 1 aromatic rings. The lowest BCUT2D eigenvalue weighted by molar-refractivity contribution is 0.0170. The number of hydrogen-bond acceptors (Lipinski definition) is 4. The van der Waals surface area contributed by atoms with Crippen molar-refractivity contribution >= 4 is 10.0 Å². The summed E-state index contributed by atoms with van der Waals surface area (Å²) in [6.07, 6.45) is 2.70. The maximum absolute atomic E-state index is 12.9. The van der Waals surface area contributed by atoms with E-state index in [1.54, 1.807) is 0 Å². The predicted molar refractivity (Wildman–Crippen MR) is 59.7 cm³/mol. The summed E-state index contributed by atoms with van der Waals surface area (Å²) in [4.78, 5) is 3.96. The molecular weight excluding hydrogens is 266 g/mol. The van der Waals surface area contributed by atoms with Gasteiger partial charge in [0.1, 0.15) is 5.82 Å². The first-order valence-corrected chi connectivity index (χ1v) is 6.96. The molecule has 3 N–H and O–H groups in total. The van der Waals surface area contributed by atoms with Crippen LogP contribution in [0.15, 0.2) is 11.2 Å². The van der Waals surface area contributed by atoms with Crippen LogP contribution in [0.4, 0.5) is 8.78 Å². The minimum Gasteiger partial charge on any atom is -0.325 e. The van der Waals surface area contributed by atoms with Gasteiger partial charge < -0.3 is 10.3 Å². The van der Waals surface area contributed by atoms with Gasteiger partial charge in [-0.3, -0.25) is 0 Å². The van der Waals surface area contributed by atoms with E-state index in [-0.39, 0.29) is 5.03 Å². The molecule has 2 heterocycles. The van der Waals surface area contributed by atoms with Gasteiger partial charge in [0.15, 0.2) is 5.03 Å². The van der Waals surface area contributed by atoms with Crippen LogP contribution in [0.3, 0.4) is 0 Å². The summed E-state index contributed by atoms with van der Waals surface area (Å²) < 4.78 is 53.0. The lowest BCUT2D eigenvalue weighted by Crippen LogP contribution is -2.41. The molecule has 0 fully saturated rings. The fourth-order valence-electron chi connectivity index (χ4n) is 1.79. The molecule has 0 aliphatic carbocycles. The van der Waals surface area contributed by atoms with E-state index >= 15 is 0 Å². The number of hydrogen-bond donors (Lipinski definition) is 2. The van der Waals surface area contributed by atoms with Gasteiger partial charge in [0.05, 0.1) is 19.3 Å². The number of sulfonamides is 1. The molecular formula is C9H14F2N4O2S. The molecule has 0 unspecified atom stereocenters. The highest BCUT2D eigenvalue weighted by molar-refractivity contribution is 7.89. The van der Waals surface area contributed by atoms with Gasteiger partial charge in [-0.25, -0.2) is 26.9 Å². The molecule has 0 atom stereocenters. The maximum Gasteiger partial charge on any atom is 0.273 e. The van der Waals surface area contributed by atoms with Gasteiger partial charge in [-0.15, -0.1) is 0 Å². The van der Waals surface area contributed by atoms with Crippen LogP contribution in [0.25, 0.3) is 0 Å². The molecule has 2 rings (SSSR count). The first kappa shape index (κ1) is 13.4. The summed E-state index contributed by atoms with van der Waals surface area (Å²) in [6, 6.07) is 0. The Morgan fingerprint density at radius 1 is 1.56 bits per heavy atom. The fourth-order valence-corrected chi connectivity index (χ4v) is 3.02. The van der Waals surface area contributed by atoms with Crippen molar-refractivity contribution < 1.29 is 17.2 Å². The van der Waals surface area contributed by atoms with E-state index in [1.807, 2.05) is 4.72 Å². The Hall–Kier alpha value is -1.06. The van der Waals surface area contributed by atoms with Crippen molar-refractivity contribution in [2.24, 2.45) is 5.73 Å². The van der Waals surface area contributed by atoms with Crippen LogP contribution in [0.5, 0.6) is 0 Å². The molecule has 0 aromatic carbocycles. The van der Waals surface area contributed by atoms with Gasteiger partial charge in [-0.2, -0.15) is 0 Å². The molecule has 102 valence electrons. The van der Waals surface area contributed by atoms with Crippen LogP contribution in [0, 0.1) is 0 Å². The largest absolute Gasteiger partial charge is 0.325 e. The van der Waals surface area contributed by atoms with Gasteiger partial charge >= 0.3 is 0 Å². The Morgan fingerprint density at radius 3 is 2.94 bits per heavy atom. The Morgan fingerprint density at radius 2 is 2.28 bits per heavy atom. The Labute approximate surface area is 103 Å². The van der Waals surface area contributed by atoms with E-state index in [2.05, 4.69) is 4.98 Å². The quantitative estimate of drug-likeness (QED) is 0.775. The molecule has 1 aliphatic heterocycles. The van der Waals surface area contributed by atoms with Crippen molar-refractivity contribution in [2.75, 3.05) is 13.1 Å². The lowest BCUT2D eigenvalue weighted by Gasteiger charge is -2.15. The van der Waals surface area contributed by atoms with Gasteiger partial charge in [0, 0.05) is 13.0 Å². The Balaban J connectivity index is 2.16. The molecule has 0 saturated heterocycles. The van der Waals surface area contributed by atoms with Crippen molar-refractivity contribution in [2.45, 2.75) is 30.3 Å². The Bertz CT molecular complexity index is 541. The number of imidazole rings is 1. The molecule has 0 saturated carbocycles. The number of alkyl halides is 2. The molecule has 1 aliphatic rings. The third-order valence-electron chi connectivity index (χ3n) is 2.78. The van der Waals surface area contributed by atoms with Crippen molar-refractivity contribution in [1.29, 1.82) is 0 Å². The molecule has 9 heteroatoms. The monoisotopic (exact) mass is 280 g/mol. The highest BCUT2D eigenvalue weighted by Crippen LogP contribution is 2.20. The maximum atomic E-state index is 12.9. The standard InChI is InChI=1S/C9H14F2N4O2S/c10-9(11,5-12)6-14-18(16,17)8-4-13-7-2-1-3-15(7)8/h4,14H,1-3,5-6,12H2. The molecule has 0 spiro atoms. The SMILES string of the molecule is NCC(F)(F)CNS(=O)(=O)c1cnc2n1CCC2. The molecule has 1 aromatic heterocycles. The third kappa shape index (κ3) is 2.52. The molecule has 0 amide bonds. The normalized spacial score (nSPS) is 15.9. The highest BCUT2D eigenvalue weighted by atomic mass is 32.2. The van der Waals surface area contributed by atoms with E-state index in [1.165, 1.54) is 10.8 Å². The highest BCUT2D eigenvalue weighted by Gasteiger charge is 2.31. The van der Waals surface area contributed by atoms with Gasteiger partial charge in [0.25, 0.3) is 15.9 Å². The van der Waals surface area contributed by atoms with Crippen molar-refractivity contribution in [1.82, 2.24) is 14.3 Å². The number of nitrogens with two attached hydrogens (primary N) is 1. The topological polar surface area (TPSA) is 90.0 Å². The zero-order chi connectivity index (χ0) is 13.4. The van der Waals surface area contributed by atoms with Gasteiger partial charge in [-0.05, 0) is 6.42 Å². The second-order valence-electron chi connectivity index (χ2n) is 4.15. The third-order valence-corrected chi connectivity index (χ3v) is 4.18. The molecule has 18 heavy (non-hydrogen) atoms. The number of halogens is 2. The smallest absolute Gasteiger partial charge is 0.273 e. The van der Waals surface area contributed by atoms with Crippen LogP contribution in [0.2, 0.25) is 0 Å². The minimum absolute atomic E-state index is 0.0668.